The Morgan fingerprint density at radius 3 is 2.75 bits per heavy atom. The summed E-state index contributed by atoms with van der Waals surface area (Å²) in [6, 6.07) is 7.75. The zero-order valence-corrected chi connectivity index (χ0v) is 18.6. The highest BCUT2D eigenvalue weighted by atomic mass is 79.9. The van der Waals surface area contributed by atoms with Crippen LogP contribution in [-0.2, 0) is 5.41 Å². The van der Waals surface area contributed by atoms with E-state index in [0.717, 1.165) is 34.8 Å². The van der Waals surface area contributed by atoms with Crippen molar-refractivity contribution >= 4 is 21.6 Å². The number of piperidine rings is 4. The van der Waals surface area contributed by atoms with Gasteiger partial charge in [0.25, 0.3) is 0 Å². The van der Waals surface area contributed by atoms with Gasteiger partial charge in [0.1, 0.15) is 6.04 Å². The molecular formula is C23H32BrN2O2+. The number of halogens is 1. The molecule has 1 saturated carbocycles. The molecule has 10 unspecified atom stereocenters. The molecule has 5 bridgehead atoms. The predicted molar refractivity (Wildman–Crippen MR) is 113 cm³/mol. The lowest BCUT2D eigenvalue weighted by Crippen LogP contribution is -2.83. The Morgan fingerprint density at radius 1 is 1.25 bits per heavy atom. The van der Waals surface area contributed by atoms with E-state index in [1.165, 1.54) is 17.7 Å². The van der Waals surface area contributed by atoms with Crippen LogP contribution in [0.1, 0.15) is 45.1 Å². The van der Waals surface area contributed by atoms with Crippen molar-refractivity contribution in [1.29, 1.82) is 0 Å². The Balaban J connectivity index is 1.62. The maximum Gasteiger partial charge on any atom is 0.194 e. The van der Waals surface area contributed by atoms with Gasteiger partial charge in [-0.3, -0.25) is 4.48 Å². The van der Waals surface area contributed by atoms with Gasteiger partial charge in [0.05, 0.1) is 30.1 Å². The number of hydrogen-bond acceptors (Lipinski definition) is 3. The summed E-state index contributed by atoms with van der Waals surface area (Å²) in [5, 5.41) is 23.7. The quantitative estimate of drug-likeness (QED) is 0.698. The fourth-order valence-electron chi connectivity index (χ4n) is 9.24. The normalized spacial score (nSPS) is 52.3. The van der Waals surface area contributed by atoms with Crippen LogP contribution in [0, 0.1) is 17.8 Å². The molecule has 2 N–H and O–H groups in total. The van der Waals surface area contributed by atoms with Gasteiger partial charge in [-0.1, -0.05) is 29.8 Å². The van der Waals surface area contributed by atoms with Crippen molar-refractivity contribution in [2.45, 2.75) is 75.4 Å². The minimum Gasteiger partial charge on any atom is -0.392 e. The molecule has 4 nitrogen and oxygen atoms in total. The van der Waals surface area contributed by atoms with Crippen LogP contribution in [0.3, 0.4) is 0 Å². The van der Waals surface area contributed by atoms with Gasteiger partial charge in [-0.2, -0.15) is 0 Å². The second-order valence-electron chi connectivity index (χ2n) is 10.2. The van der Waals surface area contributed by atoms with Crippen molar-refractivity contribution < 1.29 is 14.7 Å². The number of aliphatic hydroxyl groups excluding tert-OH is 2. The van der Waals surface area contributed by atoms with Crippen LogP contribution in [-0.4, -0.2) is 58.7 Å². The standard InChI is InChI=1S/C23H32BrN2O2/c1-4-8-26-17-10-14(13(5-2)22(26)28)19-18(26)11-23(21(19)27)15-9-12(24)6-7-16(15)25(3)20(17)23/h6-7,9,13-14,17-22,27-28H,4-5,8,10-11H2,1-3H3/q+1. The monoisotopic (exact) mass is 447 g/mol. The van der Waals surface area contributed by atoms with Crippen LogP contribution >= 0.6 is 15.9 Å². The van der Waals surface area contributed by atoms with Crippen molar-refractivity contribution in [3.8, 4) is 0 Å². The lowest BCUT2D eigenvalue weighted by molar-refractivity contribution is -1.04. The van der Waals surface area contributed by atoms with Crippen LogP contribution < -0.4 is 4.90 Å². The van der Waals surface area contributed by atoms with Crippen LogP contribution in [0.25, 0.3) is 0 Å². The van der Waals surface area contributed by atoms with E-state index in [1.807, 2.05) is 0 Å². The number of rotatable bonds is 3. The number of aliphatic hydroxyl groups is 2. The third kappa shape index (κ3) is 1.66. The average Bonchev–Trinajstić information content (AvgIpc) is 3.05. The first-order chi connectivity index (χ1) is 13.4. The number of likely N-dealkylation sites (N-methyl/N-ethyl adjacent to an activating group) is 1. The fraction of sp³-hybridized carbons (Fsp3) is 0.739. The largest absolute Gasteiger partial charge is 0.392 e. The van der Waals surface area contributed by atoms with Crippen molar-refractivity contribution in [3.63, 3.8) is 0 Å². The second-order valence-corrected chi connectivity index (χ2v) is 11.1. The topological polar surface area (TPSA) is 43.7 Å². The number of nitrogens with zero attached hydrogens (tertiary/aromatic N) is 2. The number of quaternary nitrogens is 1. The second kappa shape index (κ2) is 5.54. The van der Waals surface area contributed by atoms with E-state index in [0.29, 0.717) is 29.8 Å². The third-order valence-corrected chi connectivity index (χ3v) is 10.3. The first-order valence-electron chi connectivity index (χ1n) is 11.2. The molecule has 10 atom stereocenters. The van der Waals surface area contributed by atoms with E-state index in [4.69, 9.17) is 0 Å². The molecule has 28 heavy (non-hydrogen) atoms. The Kier molecular flexibility index (Phi) is 3.60. The molecule has 0 aromatic heterocycles. The first kappa shape index (κ1) is 18.2. The molecule has 5 aliphatic heterocycles. The number of anilines is 1. The maximum atomic E-state index is 12.0. The Hall–Kier alpha value is -0.620. The van der Waals surface area contributed by atoms with Gasteiger partial charge < -0.3 is 15.1 Å². The predicted octanol–water partition coefficient (Wildman–Crippen LogP) is 3.24. The lowest BCUT2D eigenvalue weighted by Gasteiger charge is -2.68. The first-order valence-corrected chi connectivity index (χ1v) is 12.0. The van der Waals surface area contributed by atoms with E-state index < -0.39 is 0 Å². The molecule has 1 aromatic rings. The van der Waals surface area contributed by atoms with Gasteiger partial charge in [0.15, 0.2) is 6.23 Å². The lowest BCUT2D eigenvalue weighted by atomic mass is 9.60. The molecule has 1 aromatic carbocycles. The van der Waals surface area contributed by atoms with E-state index >= 15 is 0 Å². The van der Waals surface area contributed by atoms with Crippen molar-refractivity contribution in [2.75, 3.05) is 18.5 Å². The van der Waals surface area contributed by atoms with Gasteiger partial charge >= 0.3 is 0 Å². The highest BCUT2D eigenvalue weighted by Crippen LogP contribution is 2.71. The molecule has 1 spiro atoms. The minimum atomic E-state index is -0.297. The summed E-state index contributed by atoms with van der Waals surface area (Å²) < 4.78 is 1.97. The molecule has 5 fully saturated rings. The van der Waals surface area contributed by atoms with Crippen molar-refractivity contribution in [3.05, 3.63) is 28.2 Å². The summed E-state index contributed by atoms with van der Waals surface area (Å²) in [4.78, 5) is 2.47. The number of benzene rings is 1. The van der Waals surface area contributed by atoms with Gasteiger partial charge in [0.2, 0.25) is 0 Å². The molecule has 152 valence electrons. The summed E-state index contributed by atoms with van der Waals surface area (Å²) in [5.41, 5.74) is 2.47. The van der Waals surface area contributed by atoms with Gasteiger partial charge in [-0.25, -0.2) is 0 Å². The molecular weight excluding hydrogens is 416 g/mol. The van der Waals surface area contributed by atoms with Gasteiger partial charge in [-0.15, -0.1) is 0 Å². The molecule has 4 saturated heterocycles. The van der Waals surface area contributed by atoms with Gasteiger partial charge in [0, 0.05) is 41.9 Å². The number of fused-ring (bicyclic) bond motifs is 2. The highest BCUT2D eigenvalue weighted by molar-refractivity contribution is 9.10. The van der Waals surface area contributed by atoms with Crippen molar-refractivity contribution in [2.24, 2.45) is 17.8 Å². The smallest absolute Gasteiger partial charge is 0.194 e. The third-order valence-electron chi connectivity index (χ3n) is 9.78. The van der Waals surface area contributed by atoms with Gasteiger partial charge in [-0.05, 0) is 42.5 Å². The minimum absolute atomic E-state index is 0.166. The summed E-state index contributed by atoms with van der Waals surface area (Å²) in [7, 11) is 2.23. The molecule has 0 radical (unpaired) electrons. The molecule has 5 heteroatoms. The zero-order valence-electron chi connectivity index (χ0n) is 17.1. The summed E-state index contributed by atoms with van der Waals surface area (Å²) in [6.45, 7) is 5.54. The average molecular weight is 448 g/mol. The Bertz CT molecular complexity index is 848. The summed E-state index contributed by atoms with van der Waals surface area (Å²) in [5.74, 6) is 1.13. The van der Waals surface area contributed by atoms with E-state index in [9.17, 15) is 10.2 Å². The summed E-state index contributed by atoms with van der Waals surface area (Å²) in [6.07, 6.45) is 3.75. The van der Waals surface area contributed by atoms with Crippen LogP contribution in [0.5, 0.6) is 0 Å². The van der Waals surface area contributed by atoms with Crippen LogP contribution in [0.2, 0.25) is 0 Å². The van der Waals surface area contributed by atoms with Crippen LogP contribution in [0.15, 0.2) is 22.7 Å². The highest BCUT2D eigenvalue weighted by Gasteiger charge is 2.82. The Labute approximate surface area is 176 Å². The SMILES string of the molecule is CCC[N+]12C(O)C(CC)C3CC1C1N(C)c4ccc(Br)cc4C14CC2C3C4O. The number of hydrogen-bond donors (Lipinski definition) is 2. The Morgan fingerprint density at radius 2 is 2.04 bits per heavy atom. The molecule has 7 rings (SSSR count). The summed E-state index contributed by atoms with van der Waals surface area (Å²) >= 11 is 3.69. The van der Waals surface area contributed by atoms with E-state index in [1.54, 1.807) is 0 Å². The van der Waals surface area contributed by atoms with E-state index in [-0.39, 0.29) is 23.8 Å². The molecule has 0 amide bonds. The van der Waals surface area contributed by atoms with E-state index in [2.05, 4.69) is 59.9 Å². The molecule has 5 heterocycles. The molecule has 1 aliphatic carbocycles. The fourth-order valence-corrected chi connectivity index (χ4v) is 9.60. The van der Waals surface area contributed by atoms with Crippen molar-refractivity contribution in [1.82, 2.24) is 0 Å². The molecule has 6 aliphatic rings. The van der Waals surface area contributed by atoms with Crippen LogP contribution in [0.4, 0.5) is 5.69 Å². The zero-order chi connectivity index (χ0) is 19.6. The maximum absolute atomic E-state index is 12.0.